The summed E-state index contributed by atoms with van der Waals surface area (Å²) in [5, 5.41) is 0.0798. The summed E-state index contributed by atoms with van der Waals surface area (Å²) in [4.78, 5) is 21.2. The van der Waals surface area contributed by atoms with Crippen molar-refractivity contribution in [3.63, 3.8) is 0 Å². The fourth-order valence-electron chi connectivity index (χ4n) is 4.59. The van der Waals surface area contributed by atoms with Gasteiger partial charge in [-0.2, -0.15) is 0 Å². The molecule has 0 heterocycles. The summed E-state index contributed by atoms with van der Waals surface area (Å²) in [6.45, 7) is 4.54. The molecule has 2 nitrogen and oxygen atoms in total. The summed E-state index contributed by atoms with van der Waals surface area (Å²) in [6.07, 6.45) is 36.4. The zero-order valence-corrected chi connectivity index (χ0v) is 26.3. The van der Waals surface area contributed by atoms with Crippen LogP contribution in [0, 0.1) is 0 Å². The molecule has 0 saturated carbocycles. The molecule has 0 aromatic rings. The maximum atomic E-state index is 10.6. The van der Waals surface area contributed by atoms with Crippen molar-refractivity contribution in [3.8, 4) is 0 Å². The van der Waals surface area contributed by atoms with Crippen LogP contribution < -0.4 is 0 Å². The molecule has 0 aliphatic rings. The Balaban J connectivity index is 0. The predicted molar refractivity (Wildman–Crippen MR) is 169 cm³/mol. The smallest absolute Gasteiger partial charge is 0.185 e. The lowest BCUT2D eigenvalue weighted by atomic mass is 10.0. The van der Waals surface area contributed by atoms with Crippen LogP contribution in [-0.2, 0) is 9.59 Å². The van der Waals surface area contributed by atoms with E-state index in [-0.39, 0.29) is 10.2 Å². The van der Waals surface area contributed by atoms with Gasteiger partial charge in [0.25, 0.3) is 0 Å². The molecule has 216 valence electrons. The Morgan fingerprint density at radius 2 is 0.500 bits per heavy atom. The van der Waals surface area contributed by atoms with E-state index in [1.807, 2.05) is 0 Å². The van der Waals surface area contributed by atoms with Gasteiger partial charge in [0, 0.05) is 12.8 Å². The lowest BCUT2D eigenvalue weighted by Gasteiger charge is -2.02. The topological polar surface area (TPSA) is 34.1 Å². The molecule has 0 rings (SSSR count). The van der Waals surface area contributed by atoms with Crippen LogP contribution in [0.3, 0.4) is 0 Å². The van der Waals surface area contributed by atoms with Crippen molar-refractivity contribution >= 4 is 35.5 Å². The van der Waals surface area contributed by atoms with Crippen molar-refractivity contribution in [1.29, 1.82) is 0 Å². The number of rotatable bonds is 28. The van der Waals surface area contributed by atoms with Crippen molar-refractivity contribution in [3.05, 3.63) is 0 Å². The van der Waals surface area contributed by atoms with Crippen LogP contribution in [0.1, 0.15) is 194 Å². The van der Waals surface area contributed by atoms with Gasteiger partial charge in [0.15, 0.2) is 10.2 Å². The second-order valence-electron chi connectivity index (χ2n) is 10.8. The standard InChI is InChI=1S/2C16H32OS/c2*1-2-3-4-5-6-7-8-9-10-11-12-13-14-15-16(17)18/h2*2-15H2,1H3,(H,17,18). The first-order chi connectivity index (χ1) is 17.5. The van der Waals surface area contributed by atoms with E-state index in [1.54, 1.807) is 0 Å². The molecule has 0 saturated heterocycles. The summed E-state index contributed by atoms with van der Waals surface area (Å²) >= 11 is 7.54. The van der Waals surface area contributed by atoms with Crippen molar-refractivity contribution in [2.45, 2.75) is 194 Å². The zero-order chi connectivity index (χ0) is 27.0. The van der Waals surface area contributed by atoms with Gasteiger partial charge in [0.05, 0.1) is 0 Å². The summed E-state index contributed by atoms with van der Waals surface area (Å²) in [6, 6.07) is 0. The Labute approximate surface area is 238 Å². The number of carbonyl (C=O) groups excluding carboxylic acids is 2. The van der Waals surface area contributed by atoms with E-state index in [1.165, 1.54) is 154 Å². The highest BCUT2D eigenvalue weighted by Gasteiger charge is 1.97. The third kappa shape index (κ3) is 41.2. The Kier molecular flexibility index (Phi) is 37.2. The van der Waals surface area contributed by atoms with Crippen molar-refractivity contribution in [2.24, 2.45) is 0 Å². The number of unbranched alkanes of at least 4 members (excludes halogenated alkanes) is 24. The third-order valence-electron chi connectivity index (χ3n) is 6.99. The van der Waals surface area contributed by atoms with Gasteiger partial charge >= 0.3 is 0 Å². The lowest BCUT2D eigenvalue weighted by Crippen LogP contribution is -1.86. The summed E-state index contributed by atoms with van der Waals surface area (Å²) in [5.41, 5.74) is 0. The molecule has 0 radical (unpaired) electrons. The Morgan fingerprint density at radius 3 is 0.667 bits per heavy atom. The van der Waals surface area contributed by atoms with E-state index in [2.05, 4.69) is 39.1 Å². The van der Waals surface area contributed by atoms with Crippen molar-refractivity contribution in [1.82, 2.24) is 0 Å². The molecule has 0 aliphatic heterocycles. The second kappa shape index (κ2) is 35.0. The van der Waals surface area contributed by atoms with Gasteiger partial charge in [-0.15, -0.1) is 25.3 Å². The van der Waals surface area contributed by atoms with E-state index < -0.39 is 0 Å². The maximum Gasteiger partial charge on any atom is 0.185 e. The van der Waals surface area contributed by atoms with Crippen LogP contribution in [0.4, 0.5) is 0 Å². The minimum absolute atomic E-state index is 0.0399. The van der Waals surface area contributed by atoms with Crippen LogP contribution in [0.2, 0.25) is 0 Å². The molecular formula is C32H64O2S2. The third-order valence-corrected chi connectivity index (χ3v) is 7.44. The predicted octanol–water partition coefficient (Wildman–Crippen LogP) is 11.8. The van der Waals surface area contributed by atoms with Crippen LogP contribution in [-0.4, -0.2) is 10.2 Å². The number of hydrogen-bond donors (Lipinski definition) is 2. The van der Waals surface area contributed by atoms with Crippen LogP contribution in [0.5, 0.6) is 0 Å². The molecule has 4 heteroatoms. The minimum atomic E-state index is 0.0399. The normalized spacial score (nSPS) is 10.8. The average Bonchev–Trinajstić information content (AvgIpc) is 2.85. The molecule has 0 unspecified atom stereocenters. The molecule has 36 heavy (non-hydrogen) atoms. The number of hydrogen-bond acceptors (Lipinski definition) is 2. The van der Waals surface area contributed by atoms with Gasteiger partial charge in [0.1, 0.15) is 0 Å². The highest BCUT2D eigenvalue weighted by molar-refractivity contribution is 7.96. The summed E-state index contributed by atoms with van der Waals surface area (Å²) in [7, 11) is 0. The Bertz CT molecular complexity index is 400. The first-order valence-electron chi connectivity index (χ1n) is 16.0. The monoisotopic (exact) mass is 544 g/mol. The van der Waals surface area contributed by atoms with Gasteiger partial charge in [-0.25, -0.2) is 0 Å². The molecule has 0 fully saturated rings. The Morgan fingerprint density at radius 1 is 0.333 bits per heavy atom. The van der Waals surface area contributed by atoms with Gasteiger partial charge in [0.2, 0.25) is 0 Å². The summed E-state index contributed by atoms with van der Waals surface area (Å²) in [5.74, 6) is 0. The first-order valence-corrected chi connectivity index (χ1v) is 16.9. The van der Waals surface area contributed by atoms with Crippen molar-refractivity contribution < 1.29 is 9.59 Å². The average molecular weight is 545 g/mol. The van der Waals surface area contributed by atoms with Gasteiger partial charge < -0.3 is 0 Å². The summed E-state index contributed by atoms with van der Waals surface area (Å²) < 4.78 is 0. The Hall–Kier alpha value is 0.0400. The molecule has 0 aliphatic carbocycles. The highest BCUT2D eigenvalue weighted by Crippen LogP contribution is 2.14. The van der Waals surface area contributed by atoms with E-state index in [4.69, 9.17) is 0 Å². The van der Waals surface area contributed by atoms with Gasteiger partial charge in [-0.3, -0.25) is 9.59 Å². The van der Waals surface area contributed by atoms with Crippen LogP contribution in [0.15, 0.2) is 0 Å². The molecule has 0 bridgehead atoms. The van der Waals surface area contributed by atoms with Crippen LogP contribution in [0.25, 0.3) is 0 Å². The van der Waals surface area contributed by atoms with Gasteiger partial charge in [-0.1, -0.05) is 168 Å². The molecular weight excluding hydrogens is 480 g/mol. The fraction of sp³-hybridized carbons (Fsp3) is 0.938. The van der Waals surface area contributed by atoms with E-state index in [9.17, 15) is 9.59 Å². The molecule has 0 amide bonds. The maximum absolute atomic E-state index is 10.6. The number of thiol groups is 2. The zero-order valence-electron chi connectivity index (χ0n) is 24.5. The highest BCUT2D eigenvalue weighted by atomic mass is 32.1. The van der Waals surface area contributed by atoms with Gasteiger partial charge in [-0.05, 0) is 12.8 Å². The first kappa shape index (κ1) is 38.2. The van der Waals surface area contributed by atoms with E-state index in [0.29, 0.717) is 12.8 Å². The van der Waals surface area contributed by atoms with E-state index >= 15 is 0 Å². The molecule has 0 aromatic heterocycles. The van der Waals surface area contributed by atoms with E-state index in [0.717, 1.165) is 12.8 Å². The molecule has 0 aromatic carbocycles. The second-order valence-corrected chi connectivity index (χ2v) is 11.8. The van der Waals surface area contributed by atoms with Crippen molar-refractivity contribution in [2.75, 3.05) is 0 Å². The lowest BCUT2D eigenvalue weighted by molar-refractivity contribution is -0.111. The molecule has 0 atom stereocenters. The quantitative estimate of drug-likeness (QED) is 0.0758. The SMILES string of the molecule is CCCCCCCCCCCCCCCC(=O)S.CCCCCCCCCCCCCCCC(=O)S. The largest absolute Gasteiger partial charge is 0.288 e. The molecule has 0 N–H and O–H groups in total. The number of carbonyl (C=O) groups is 2. The fourth-order valence-corrected chi connectivity index (χ4v) is 4.90. The van der Waals surface area contributed by atoms with Crippen LogP contribution >= 0.6 is 25.3 Å². The molecule has 0 spiro atoms. The minimum Gasteiger partial charge on any atom is -0.288 e.